The number of hydrogen-bond acceptors (Lipinski definition) is 4. The minimum absolute atomic E-state index is 0.240. The summed E-state index contributed by atoms with van der Waals surface area (Å²) in [4.78, 5) is 18.8. The van der Waals surface area contributed by atoms with Gasteiger partial charge >= 0.3 is 6.09 Å². The van der Waals surface area contributed by atoms with Gasteiger partial charge in [0.1, 0.15) is 6.61 Å². The van der Waals surface area contributed by atoms with Crippen LogP contribution in [-0.2, 0) is 14.5 Å². The van der Waals surface area contributed by atoms with Gasteiger partial charge in [-0.3, -0.25) is 4.89 Å². The fraction of sp³-hybridized carbons (Fsp3) is 0.800. The van der Waals surface area contributed by atoms with Crippen molar-refractivity contribution in [2.45, 2.75) is 0 Å². The molecule has 0 unspecified atom stereocenters. The molecule has 0 aliphatic rings. The first-order valence-corrected chi connectivity index (χ1v) is 2.81. The third-order valence-corrected chi connectivity index (χ3v) is 0.710. The van der Waals surface area contributed by atoms with Crippen LogP contribution in [0.5, 0.6) is 0 Å². The van der Waals surface area contributed by atoms with Crippen LogP contribution in [0.25, 0.3) is 0 Å². The third kappa shape index (κ3) is 5.33. The van der Waals surface area contributed by atoms with E-state index in [0.29, 0.717) is 6.61 Å². The molecule has 0 aliphatic heterocycles. The topological polar surface area (TPSA) is 56.8 Å². The molecule has 10 heavy (non-hydrogen) atoms. The average Bonchev–Trinajstić information content (AvgIpc) is 1.98. The molecule has 0 atom stereocenters. The van der Waals surface area contributed by atoms with E-state index >= 15 is 0 Å². The number of carbonyl (C=O) groups is 1. The summed E-state index contributed by atoms with van der Waals surface area (Å²) in [6.07, 6.45) is -0.615. The molecule has 0 radical (unpaired) electrons. The lowest BCUT2D eigenvalue weighted by molar-refractivity contribution is -0.243. The molecule has 1 amide bonds. The van der Waals surface area contributed by atoms with Crippen molar-refractivity contribution < 1.29 is 19.3 Å². The number of rotatable bonds is 4. The van der Waals surface area contributed by atoms with Crippen molar-refractivity contribution in [2.24, 2.45) is 0 Å². The Labute approximate surface area is 59.2 Å². The highest BCUT2D eigenvalue weighted by Crippen LogP contribution is 1.79. The van der Waals surface area contributed by atoms with Crippen molar-refractivity contribution in [1.29, 1.82) is 0 Å². The maximum atomic E-state index is 10.3. The summed E-state index contributed by atoms with van der Waals surface area (Å²) in [5.41, 5.74) is 0. The van der Waals surface area contributed by atoms with Crippen molar-refractivity contribution in [3.05, 3.63) is 0 Å². The third-order valence-electron chi connectivity index (χ3n) is 0.710. The molecule has 0 heterocycles. The van der Waals surface area contributed by atoms with E-state index in [1.807, 2.05) is 0 Å². The average molecular weight is 149 g/mol. The minimum Gasteiger partial charge on any atom is -0.382 e. The van der Waals surface area contributed by atoms with Gasteiger partial charge in [0.2, 0.25) is 0 Å². The van der Waals surface area contributed by atoms with Crippen LogP contribution in [0.15, 0.2) is 0 Å². The predicted molar refractivity (Wildman–Crippen MR) is 33.4 cm³/mol. The van der Waals surface area contributed by atoms with Crippen LogP contribution in [0.4, 0.5) is 4.79 Å². The number of amides is 1. The molecule has 0 saturated heterocycles. The molecule has 0 saturated carbocycles. The summed E-state index contributed by atoms with van der Waals surface area (Å²) in [5, 5.41) is 2.21. The van der Waals surface area contributed by atoms with E-state index in [9.17, 15) is 4.79 Å². The van der Waals surface area contributed by atoms with Crippen LogP contribution in [-0.4, -0.2) is 33.5 Å². The van der Waals surface area contributed by atoms with Crippen molar-refractivity contribution in [3.63, 3.8) is 0 Å². The molecule has 0 spiro atoms. The summed E-state index contributed by atoms with van der Waals surface area (Å²) in [7, 11) is 2.98. The molecule has 0 aliphatic carbocycles. The van der Waals surface area contributed by atoms with Crippen molar-refractivity contribution >= 4 is 6.09 Å². The minimum atomic E-state index is -0.615. The SMILES string of the molecule is CNC(=O)OOCCOC. The van der Waals surface area contributed by atoms with Gasteiger partial charge in [0.25, 0.3) is 0 Å². The molecule has 60 valence electrons. The van der Waals surface area contributed by atoms with Gasteiger partial charge in [-0.15, -0.1) is 0 Å². The summed E-state index contributed by atoms with van der Waals surface area (Å²) in [5.74, 6) is 0. The van der Waals surface area contributed by atoms with Crippen LogP contribution in [0, 0.1) is 0 Å². The Hall–Kier alpha value is -0.810. The highest BCUT2D eigenvalue weighted by atomic mass is 17.2. The van der Waals surface area contributed by atoms with Gasteiger partial charge in [-0.05, 0) is 0 Å². The maximum Gasteiger partial charge on any atom is 0.438 e. The second kappa shape index (κ2) is 6.31. The zero-order chi connectivity index (χ0) is 7.82. The molecule has 5 heteroatoms. The summed E-state index contributed by atoms with van der Waals surface area (Å²) in [6.45, 7) is 0.640. The fourth-order valence-electron chi connectivity index (χ4n) is 0.254. The largest absolute Gasteiger partial charge is 0.438 e. The first kappa shape index (κ1) is 9.19. The van der Waals surface area contributed by atoms with Crippen LogP contribution in [0.3, 0.4) is 0 Å². The first-order chi connectivity index (χ1) is 4.81. The Morgan fingerprint density at radius 1 is 1.50 bits per heavy atom. The van der Waals surface area contributed by atoms with Crippen LogP contribution < -0.4 is 5.32 Å². The first-order valence-electron chi connectivity index (χ1n) is 2.81. The Morgan fingerprint density at radius 3 is 2.70 bits per heavy atom. The lowest BCUT2D eigenvalue weighted by Gasteiger charge is -2.00. The molecule has 5 nitrogen and oxygen atoms in total. The predicted octanol–water partition coefficient (Wildman–Crippen LogP) is -0.0796. The second-order valence-electron chi connectivity index (χ2n) is 1.44. The molecule has 0 aromatic heterocycles. The molecular formula is C5H11NO4. The smallest absolute Gasteiger partial charge is 0.382 e. The summed E-state index contributed by atoms with van der Waals surface area (Å²) >= 11 is 0. The van der Waals surface area contributed by atoms with Crippen LogP contribution >= 0.6 is 0 Å². The Bertz CT molecular complexity index is 95.6. The van der Waals surface area contributed by atoms with Crippen LogP contribution in [0.2, 0.25) is 0 Å². The van der Waals surface area contributed by atoms with Gasteiger partial charge in [-0.2, -0.15) is 4.89 Å². The van der Waals surface area contributed by atoms with E-state index in [-0.39, 0.29) is 6.61 Å². The molecule has 0 aromatic carbocycles. The maximum absolute atomic E-state index is 10.3. The van der Waals surface area contributed by atoms with Crippen molar-refractivity contribution in [1.82, 2.24) is 5.32 Å². The molecule has 0 fully saturated rings. The number of methoxy groups -OCH3 is 1. The Balaban J connectivity index is 2.96. The van der Waals surface area contributed by atoms with Gasteiger partial charge in [-0.25, -0.2) is 4.79 Å². The fourth-order valence-corrected chi connectivity index (χ4v) is 0.254. The monoisotopic (exact) mass is 149 g/mol. The standard InChI is InChI=1S/C5H11NO4/c1-6-5(7)10-9-4-3-8-2/h3-4H2,1-2H3,(H,6,7). The van der Waals surface area contributed by atoms with Gasteiger partial charge < -0.3 is 10.1 Å². The lowest BCUT2D eigenvalue weighted by Crippen LogP contribution is -2.20. The van der Waals surface area contributed by atoms with Gasteiger partial charge in [-0.1, -0.05) is 0 Å². The molecule has 0 aromatic rings. The van der Waals surface area contributed by atoms with Gasteiger partial charge in [0.15, 0.2) is 0 Å². The lowest BCUT2D eigenvalue weighted by atomic mass is 10.8. The van der Waals surface area contributed by atoms with Crippen LogP contribution in [0.1, 0.15) is 0 Å². The summed E-state index contributed by atoms with van der Waals surface area (Å²) in [6, 6.07) is 0. The van der Waals surface area contributed by atoms with Crippen molar-refractivity contribution in [2.75, 3.05) is 27.4 Å². The van der Waals surface area contributed by atoms with E-state index in [4.69, 9.17) is 0 Å². The van der Waals surface area contributed by atoms with E-state index in [1.54, 1.807) is 0 Å². The highest BCUT2D eigenvalue weighted by molar-refractivity contribution is 5.65. The van der Waals surface area contributed by atoms with E-state index < -0.39 is 6.09 Å². The number of ether oxygens (including phenoxy) is 1. The zero-order valence-corrected chi connectivity index (χ0v) is 6.05. The highest BCUT2D eigenvalue weighted by Gasteiger charge is 1.96. The number of nitrogens with one attached hydrogen (secondary N) is 1. The van der Waals surface area contributed by atoms with E-state index in [2.05, 4.69) is 19.8 Å². The van der Waals surface area contributed by atoms with E-state index in [1.165, 1.54) is 14.2 Å². The van der Waals surface area contributed by atoms with Gasteiger partial charge in [0, 0.05) is 14.2 Å². The molecule has 1 N–H and O–H groups in total. The summed E-state index contributed by atoms with van der Waals surface area (Å²) < 4.78 is 4.62. The Kier molecular flexibility index (Phi) is 5.80. The number of hydrogen-bond donors (Lipinski definition) is 1. The van der Waals surface area contributed by atoms with Crippen molar-refractivity contribution in [3.8, 4) is 0 Å². The van der Waals surface area contributed by atoms with E-state index in [0.717, 1.165) is 0 Å². The molecule has 0 rings (SSSR count). The molecular weight excluding hydrogens is 138 g/mol. The quantitative estimate of drug-likeness (QED) is 0.345. The Morgan fingerprint density at radius 2 is 2.20 bits per heavy atom. The molecule has 0 bridgehead atoms. The zero-order valence-electron chi connectivity index (χ0n) is 6.05. The van der Waals surface area contributed by atoms with Gasteiger partial charge in [0.05, 0.1) is 6.61 Å². The second-order valence-corrected chi connectivity index (χ2v) is 1.44. The number of carbonyl (C=O) groups excluding carboxylic acids is 1. The normalized spacial score (nSPS) is 9.00.